The standard InChI is InChI=1S/C13H17O/c1-4-11-7-9-12(10-8-11)13(5-2)14-6-3/h5,7-10H,2,4,6H2,1,3H3/q+1. The quantitative estimate of drug-likeness (QED) is 0.391. The van der Waals surface area contributed by atoms with Crippen molar-refractivity contribution in [3.8, 4) is 0 Å². The first-order valence-corrected chi connectivity index (χ1v) is 5.03. The van der Waals surface area contributed by atoms with E-state index in [4.69, 9.17) is 4.42 Å². The van der Waals surface area contributed by atoms with E-state index >= 15 is 0 Å². The Hall–Kier alpha value is -1.37. The Morgan fingerprint density at radius 1 is 1.29 bits per heavy atom. The number of carbonyl (C=O) groups excluding carboxylic acids is 1. The van der Waals surface area contributed by atoms with Gasteiger partial charge in [-0.05, 0) is 24.1 Å². The molecule has 0 atom stereocenters. The van der Waals surface area contributed by atoms with E-state index in [1.54, 1.807) is 6.08 Å². The van der Waals surface area contributed by atoms with E-state index in [1.165, 1.54) is 5.56 Å². The van der Waals surface area contributed by atoms with Crippen LogP contribution >= 0.6 is 0 Å². The van der Waals surface area contributed by atoms with Gasteiger partial charge in [-0.15, -0.1) is 0 Å². The number of rotatable bonds is 4. The molecule has 0 spiro atoms. The molecule has 1 nitrogen and oxygen atoms in total. The fraction of sp³-hybridized carbons (Fsp3) is 0.308. The summed E-state index contributed by atoms with van der Waals surface area (Å²) in [5.41, 5.74) is 2.44. The van der Waals surface area contributed by atoms with Crippen LogP contribution < -0.4 is 0 Å². The van der Waals surface area contributed by atoms with Crippen molar-refractivity contribution in [1.82, 2.24) is 0 Å². The zero-order valence-electron chi connectivity index (χ0n) is 8.92. The number of benzene rings is 1. The molecular weight excluding hydrogens is 172 g/mol. The molecule has 0 aromatic heterocycles. The van der Waals surface area contributed by atoms with Gasteiger partial charge < -0.3 is 0 Å². The monoisotopic (exact) mass is 189 g/mol. The lowest BCUT2D eigenvalue weighted by molar-refractivity contribution is -0.261. The van der Waals surface area contributed by atoms with Crippen LogP contribution in [0.2, 0.25) is 0 Å². The summed E-state index contributed by atoms with van der Waals surface area (Å²) in [5.74, 6) is 0.857. The first-order valence-electron chi connectivity index (χ1n) is 5.03. The fourth-order valence-electron chi connectivity index (χ4n) is 1.32. The summed E-state index contributed by atoms with van der Waals surface area (Å²) in [5, 5.41) is 0. The summed E-state index contributed by atoms with van der Waals surface area (Å²) in [7, 11) is 0. The van der Waals surface area contributed by atoms with Crippen LogP contribution in [0.5, 0.6) is 0 Å². The molecule has 0 aliphatic carbocycles. The number of allylic oxidation sites excluding steroid dienone is 1. The smallest absolute Gasteiger partial charge is 0.254 e. The second kappa shape index (κ2) is 5.38. The van der Waals surface area contributed by atoms with Gasteiger partial charge in [0.2, 0.25) is 0 Å². The van der Waals surface area contributed by atoms with E-state index in [1.807, 2.05) is 6.92 Å². The lowest BCUT2D eigenvalue weighted by atomic mass is 10.1. The van der Waals surface area contributed by atoms with Crippen LogP contribution in [0.3, 0.4) is 0 Å². The molecule has 74 valence electrons. The average Bonchev–Trinajstić information content (AvgIpc) is 2.26. The van der Waals surface area contributed by atoms with E-state index in [-0.39, 0.29) is 0 Å². The van der Waals surface area contributed by atoms with Gasteiger partial charge >= 0.3 is 5.78 Å². The van der Waals surface area contributed by atoms with Gasteiger partial charge in [0.1, 0.15) is 0 Å². The molecule has 0 saturated heterocycles. The van der Waals surface area contributed by atoms with Crippen molar-refractivity contribution >= 4 is 5.78 Å². The first-order chi connectivity index (χ1) is 6.81. The van der Waals surface area contributed by atoms with Crippen LogP contribution in [-0.2, 0) is 6.42 Å². The summed E-state index contributed by atoms with van der Waals surface area (Å²) in [6.07, 6.45) is 2.82. The normalized spacial score (nSPS) is 11.4. The van der Waals surface area contributed by atoms with Gasteiger partial charge in [0.15, 0.2) is 0 Å². The van der Waals surface area contributed by atoms with Gasteiger partial charge in [0.05, 0.1) is 5.56 Å². The van der Waals surface area contributed by atoms with E-state index in [0.29, 0.717) is 6.61 Å². The van der Waals surface area contributed by atoms with Crippen LogP contribution in [0.25, 0.3) is 0 Å². The minimum atomic E-state index is 0.677. The molecule has 0 aliphatic heterocycles. The molecule has 0 bridgehead atoms. The zero-order valence-corrected chi connectivity index (χ0v) is 8.92. The zero-order chi connectivity index (χ0) is 10.4. The fourth-order valence-corrected chi connectivity index (χ4v) is 1.32. The summed E-state index contributed by atoms with van der Waals surface area (Å²) >= 11 is 0. The summed E-state index contributed by atoms with van der Waals surface area (Å²) in [6.45, 7) is 8.54. The third-order valence-corrected chi connectivity index (χ3v) is 2.13. The minimum absolute atomic E-state index is 0.677. The maximum Gasteiger partial charge on any atom is 0.350 e. The van der Waals surface area contributed by atoms with Crippen molar-refractivity contribution in [2.24, 2.45) is 0 Å². The summed E-state index contributed by atoms with van der Waals surface area (Å²) in [6, 6.07) is 8.40. The van der Waals surface area contributed by atoms with Crippen molar-refractivity contribution in [3.63, 3.8) is 0 Å². The van der Waals surface area contributed by atoms with Crippen LogP contribution in [0.4, 0.5) is 0 Å². The Morgan fingerprint density at radius 2 is 1.93 bits per heavy atom. The lowest BCUT2D eigenvalue weighted by Gasteiger charge is -1.96. The van der Waals surface area contributed by atoms with Crippen LogP contribution in [0.1, 0.15) is 29.4 Å². The molecule has 0 fully saturated rings. The second-order valence-corrected chi connectivity index (χ2v) is 3.05. The molecule has 0 unspecified atom stereocenters. The highest BCUT2D eigenvalue weighted by molar-refractivity contribution is 6.04. The number of hydrogen-bond donors (Lipinski definition) is 0. The molecule has 14 heavy (non-hydrogen) atoms. The molecule has 1 aromatic carbocycles. The van der Waals surface area contributed by atoms with Crippen molar-refractivity contribution in [1.29, 1.82) is 0 Å². The van der Waals surface area contributed by atoms with Gasteiger partial charge in [-0.3, -0.25) is 4.42 Å². The van der Waals surface area contributed by atoms with E-state index < -0.39 is 0 Å². The first kappa shape index (κ1) is 10.7. The van der Waals surface area contributed by atoms with Gasteiger partial charge in [0, 0.05) is 13.0 Å². The minimum Gasteiger partial charge on any atom is -0.254 e. The summed E-state index contributed by atoms with van der Waals surface area (Å²) < 4.78 is 5.45. The third-order valence-electron chi connectivity index (χ3n) is 2.13. The van der Waals surface area contributed by atoms with Gasteiger partial charge in [-0.2, -0.15) is 0 Å². The van der Waals surface area contributed by atoms with Crippen molar-refractivity contribution in [3.05, 3.63) is 48.0 Å². The van der Waals surface area contributed by atoms with Crippen molar-refractivity contribution < 1.29 is 4.42 Å². The topological polar surface area (TPSA) is 11.3 Å². The molecule has 1 heteroatoms. The van der Waals surface area contributed by atoms with Crippen LogP contribution in [0.15, 0.2) is 36.9 Å². The summed E-state index contributed by atoms with van der Waals surface area (Å²) in [4.78, 5) is 0. The van der Waals surface area contributed by atoms with Gasteiger partial charge in [-0.25, -0.2) is 0 Å². The Kier molecular flexibility index (Phi) is 4.11. The highest BCUT2D eigenvalue weighted by Crippen LogP contribution is 2.06. The molecule has 0 amide bonds. The number of hydrogen-bond acceptors (Lipinski definition) is 0. The van der Waals surface area contributed by atoms with E-state index in [0.717, 1.165) is 17.8 Å². The predicted molar refractivity (Wildman–Crippen MR) is 60.9 cm³/mol. The largest absolute Gasteiger partial charge is 0.350 e. The van der Waals surface area contributed by atoms with Crippen LogP contribution in [-0.4, -0.2) is 12.4 Å². The molecule has 0 saturated carbocycles. The molecular formula is C13H17O+. The molecule has 1 aromatic rings. The molecule has 0 N–H and O–H groups in total. The Balaban J connectivity index is 2.95. The second-order valence-electron chi connectivity index (χ2n) is 3.05. The van der Waals surface area contributed by atoms with Crippen LogP contribution in [0, 0.1) is 0 Å². The molecule has 1 rings (SSSR count). The van der Waals surface area contributed by atoms with Crippen molar-refractivity contribution in [2.75, 3.05) is 6.61 Å². The Morgan fingerprint density at radius 3 is 2.36 bits per heavy atom. The highest BCUT2D eigenvalue weighted by atomic mass is 16.4. The predicted octanol–water partition coefficient (Wildman–Crippen LogP) is 3.17. The maximum absolute atomic E-state index is 5.45. The van der Waals surface area contributed by atoms with E-state index in [2.05, 4.69) is 37.8 Å². The maximum atomic E-state index is 5.45. The Bertz CT molecular complexity index is 320. The highest BCUT2D eigenvalue weighted by Gasteiger charge is 2.08. The SMILES string of the molecule is C=CC(=[O+]CC)c1ccc(CC)cc1. The van der Waals surface area contributed by atoms with Crippen molar-refractivity contribution in [2.45, 2.75) is 20.3 Å². The average molecular weight is 189 g/mol. The third kappa shape index (κ3) is 2.56. The number of ketones is 1. The Labute approximate surface area is 85.8 Å². The van der Waals surface area contributed by atoms with Gasteiger partial charge in [-0.1, -0.05) is 25.6 Å². The van der Waals surface area contributed by atoms with E-state index in [9.17, 15) is 0 Å². The molecule has 0 radical (unpaired) electrons. The van der Waals surface area contributed by atoms with Gasteiger partial charge in [0.25, 0.3) is 6.61 Å². The molecule has 0 heterocycles. The lowest BCUT2D eigenvalue weighted by Crippen LogP contribution is -1.97. The molecule has 0 aliphatic rings. The number of aryl methyl sites for hydroxylation is 1.